The van der Waals surface area contributed by atoms with Gasteiger partial charge in [0, 0.05) is 16.2 Å². The van der Waals surface area contributed by atoms with Crippen LogP contribution in [0.3, 0.4) is 0 Å². The van der Waals surface area contributed by atoms with E-state index in [1.165, 1.54) is 0 Å². The molecule has 3 heteroatoms. The van der Waals surface area contributed by atoms with Crippen LogP contribution in [0.15, 0.2) is 16.7 Å². The highest BCUT2D eigenvalue weighted by atomic mass is 79.9. The van der Waals surface area contributed by atoms with Gasteiger partial charge in [0.05, 0.1) is 0 Å². The Labute approximate surface area is 86.3 Å². The summed E-state index contributed by atoms with van der Waals surface area (Å²) < 4.78 is 1.05. The zero-order valence-electron chi connectivity index (χ0n) is 7.14. The summed E-state index contributed by atoms with van der Waals surface area (Å²) in [5, 5.41) is 0.609. The molecule has 0 unspecified atom stereocenters. The van der Waals surface area contributed by atoms with E-state index in [2.05, 4.69) is 34.8 Å². The Hall–Kier alpha value is -0.0800. The van der Waals surface area contributed by atoms with Gasteiger partial charge in [0.15, 0.2) is 0 Å². The highest BCUT2D eigenvalue weighted by Crippen LogP contribution is 2.24. The first-order valence-corrected chi connectivity index (χ1v) is 5.07. The van der Waals surface area contributed by atoms with E-state index in [9.17, 15) is 0 Å². The van der Waals surface area contributed by atoms with E-state index >= 15 is 0 Å². The van der Waals surface area contributed by atoms with E-state index in [0.717, 1.165) is 16.5 Å². The van der Waals surface area contributed by atoms with Gasteiger partial charge in [0.2, 0.25) is 0 Å². The molecule has 12 heavy (non-hydrogen) atoms. The van der Waals surface area contributed by atoms with Crippen molar-refractivity contribution in [2.75, 3.05) is 0 Å². The summed E-state index contributed by atoms with van der Waals surface area (Å²) in [6.45, 7) is 4.32. The lowest BCUT2D eigenvalue weighted by Crippen LogP contribution is -1.97. The topological polar surface area (TPSA) is 12.9 Å². The Balaban J connectivity index is 2.96. The van der Waals surface area contributed by atoms with Crippen molar-refractivity contribution in [3.05, 3.63) is 27.5 Å². The molecule has 0 spiro atoms. The highest BCUT2D eigenvalue weighted by molar-refractivity contribution is 9.10. The molecule has 0 amide bonds. The van der Waals surface area contributed by atoms with Crippen LogP contribution in [-0.4, -0.2) is 4.98 Å². The second-order valence-corrected chi connectivity index (χ2v) is 4.37. The van der Waals surface area contributed by atoms with Crippen LogP contribution in [0.5, 0.6) is 0 Å². The average Bonchev–Trinajstić information content (AvgIpc) is 1.97. The van der Waals surface area contributed by atoms with Crippen molar-refractivity contribution >= 4 is 27.5 Å². The van der Waals surface area contributed by atoms with Crippen LogP contribution >= 0.6 is 27.5 Å². The van der Waals surface area contributed by atoms with Crippen LogP contribution < -0.4 is 0 Å². The lowest BCUT2D eigenvalue weighted by Gasteiger charge is -2.07. The predicted octanol–water partition coefficient (Wildman–Crippen LogP) is 3.70. The van der Waals surface area contributed by atoms with Gasteiger partial charge in [-0.15, -0.1) is 0 Å². The Morgan fingerprint density at radius 2 is 2.25 bits per heavy atom. The number of hydrogen-bond acceptors (Lipinski definition) is 1. The fraction of sp³-hybridized carbons (Fsp3) is 0.444. The minimum atomic E-state index is 0.600. The normalized spacial score (nSPS) is 10.8. The van der Waals surface area contributed by atoms with Gasteiger partial charge >= 0.3 is 0 Å². The summed E-state index contributed by atoms with van der Waals surface area (Å²) in [5.74, 6) is 0.600. The average molecular weight is 249 g/mol. The molecule has 1 aromatic heterocycles. The van der Waals surface area contributed by atoms with Crippen LogP contribution in [0.4, 0.5) is 0 Å². The largest absolute Gasteiger partial charge is 0.244 e. The maximum Gasteiger partial charge on any atom is 0.133 e. The summed E-state index contributed by atoms with van der Waals surface area (Å²) in [4.78, 5) is 4.03. The first-order valence-electron chi connectivity index (χ1n) is 3.90. The number of hydrogen-bond donors (Lipinski definition) is 0. The van der Waals surface area contributed by atoms with Gasteiger partial charge in [-0.2, -0.15) is 0 Å². The molecule has 1 nitrogen and oxygen atoms in total. The monoisotopic (exact) mass is 247 g/mol. The van der Waals surface area contributed by atoms with Gasteiger partial charge in [-0.25, -0.2) is 4.98 Å². The van der Waals surface area contributed by atoms with Crippen molar-refractivity contribution in [2.45, 2.75) is 20.3 Å². The highest BCUT2D eigenvalue weighted by Gasteiger charge is 2.07. The van der Waals surface area contributed by atoms with Gasteiger partial charge in [0.1, 0.15) is 5.15 Å². The maximum atomic E-state index is 5.93. The second kappa shape index (κ2) is 4.24. The van der Waals surface area contributed by atoms with Crippen molar-refractivity contribution in [1.29, 1.82) is 0 Å². The fourth-order valence-electron chi connectivity index (χ4n) is 1.04. The lowest BCUT2D eigenvalue weighted by atomic mass is 10.1. The molecule has 0 aliphatic carbocycles. The van der Waals surface area contributed by atoms with Crippen LogP contribution in [0.25, 0.3) is 0 Å². The van der Waals surface area contributed by atoms with Gasteiger partial charge in [-0.1, -0.05) is 41.4 Å². The Morgan fingerprint density at radius 1 is 1.58 bits per heavy atom. The Bertz CT molecular complexity index is 253. The summed E-state index contributed by atoms with van der Waals surface area (Å²) in [7, 11) is 0. The fourth-order valence-corrected chi connectivity index (χ4v) is 1.85. The number of nitrogens with zero attached hydrogens (tertiary/aromatic N) is 1. The molecule has 0 N–H and O–H groups in total. The van der Waals surface area contributed by atoms with E-state index in [0.29, 0.717) is 11.1 Å². The van der Waals surface area contributed by atoms with Crippen molar-refractivity contribution in [2.24, 2.45) is 5.92 Å². The lowest BCUT2D eigenvalue weighted by molar-refractivity contribution is 0.644. The zero-order chi connectivity index (χ0) is 9.14. The number of aromatic nitrogens is 1. The third kappa shape index (κ3) is 2.46. The van der Waals surface area contributed by atoms with Crippen molar-refractivity contribution in [1.82, 2.24) is 4.98 Å². The van der Waals surface area contributed by atoms with E-state index in [1.807, 2.05) is 6.07 Å². The van der Waals surface area contributed by atoms with Gasteiger partial charge in [-0.3, -0.25) is 0 Å². The standard InChI is InChI=1S/C9H11BrClN/c1-6(2)5-7-8(10)3-4-12-9(7)11/h3-4,6H,5H2,1-2H3. The van der Waals surface area contributed by atoms with Gasteiger partial charge < -0.3 is 0 Å². The zero-order valence-corrected chi connectivity index (χ0v) is 9.48. The number of pyridine rings is 1. The minimum absolute atomic E-state index is 0.600. The predicted molar refractivity (Wildman–Crippen MR) is 55.5 cm³/mol. The number of rotatable bonds is 2. The molecule has 1 heterocycles. The maximum absolute atomic E-state index is 5.93. The molecule has 0 saturated carbocycles. The molecule has 1 rings (SSSR count). The van der Waals surface area contributed by atoms with Crippen LogP contribution in [0, 0.1) is 5.92 Å². The molecule has 66 valence electrons. The molecule has 0 radical (unpaired) electrons. The quantitative estimate of drug-likeness (QED) is 0.727. The van der Waals surface area contributed by atoms with E-state index in [4.69, 9.17) is 11.6 Å². The SMILES string of the molecule is CC(C)Cc1c(Br)ccnc1Cl. The minimum Gasteiger partial charge on any atom is -0.244 e. The van der Waals surface area contributed by atoms with E-state index in [-0.39, 0.29) is 0 Å². The van der Waals surface area contributed by atoms with Crippen LogP contribution in [-0.2, 0) is 6.42 Å². The first-order chi connectivity index (χ1) is 5.61. The molecule has 0 aliphatic rings. The Morgan fingerprint density at radius 3 is 2.75 bits per heavy atom. The van der Waals surface area contributed by atoms with Crippen molar-refractivity contribution in [3.63, 3.8) is 0 Å². The summed E-state index contributed by atoms with van der Waals surface area (Å²) in [6, 6.07) is 1.92. The van der Waals surface area contributed by atoms with Crippen LogP contribution in [0.1, 0.15) is 19.4 Å². The smallest absolute Gasteiger partial charge is 0.133 e. The Kier molecular flexibility index (Phi) is 3.53. The van der Waals surface area contributed by atoms with Gasteiger partial charge in [0.25, 0.3) is 0 Å². The van der Waals surface area contributed by atoms with E-state index in [1.54, 1.807) is 6.20 Å². The van der Waals surface area contributed by atoms with Gasteiger partial charge in [-0.05, 0) is 18.4 Å². The first kappa shape index (κ1) is 10.0. The number of halogens is 2. The molecule has 0 aliphatic heterocycles. The second-order valence-electron chi connectivity index (χ2n) is 3.16. The third-order valence-electron chi connectivity index (χ3n) is 1.56. The van der Waals surface area contributed by atoms with E-state index < -0.39 is 0 Å². The van der Waals surface area contributed by atoms with Crippen molar-refractivity contribution in [3.8, 4) is 0 Å². The third-order valence-corrected chi connectivity index (χ3v) is 2.63. The molecule has 0 aromatic carbocycles. The van der Waals surface area contributed by atoms with Crippen LogP contribution in [0.2, 0.25) is 5.15 Å². The summed E-state index contributed by atoms with van der Waals surface area (Å²) in [6.07, 6.45) is 2.67. The molecular formula is C9H11BrClN. The molecule has 0 bridgehead atoms. The molecule has 1 aromatic rings. The molecule has 0 fully saturated rings. The molecule has 0 saturated heterocycles. The summed E-state index contributed by atoms with van der Waals surface area (Å²) >= 11 is 9.38. The summed E-state index contributed by atoms with van der Waals surface area (Å²) in [5.41, 5.74) is 1.11. The van der Waals surface area contributed by atoms with Crippen molar-refractivity contribution < 1.29 is 0 Å². The molecule has 0 atom stereocenters. The molecular weight excluding hydrogens is 237 g/mol.